The second kappa shape index (κ2) is 4.13. The van der Waals surface area contributed by atoms with E-state index in [1.807, 2.05) is 18.2 Å². The maximum atomic E-state index is 3.18. The van der Waals surface area contributed by atoms with Gasteiger partial charge in [-0.3, -0.25) is 0 Å². The van der Waals surface area contributed by atoms with E-state index in [1.54, 1.807) is 0 Å². The summed E-state index contributed by atoms with van der Waals surface area (Å²) >= 11 is 0. The number of rotatable bonds is 0. The minimum Gasteiger partial charge on any atom is -0.0845 e. The van der Waals surface area contributed by atoms with Crippen LogP contribution < -0.4 is 0 Å². The van der Waals surface area contributed by atoms with Crippen LogP contribution in [0.4, 0.5) is 0 Å². The van der Waals surface area contributed by atoms with Gasteiger partial charge in [-0.25, -0.2) is 0 Å². The van der Waals surface area contributed by atoms with E-state index >= 15 is 0 Å². The molecule has 0 heterocycles. The minimum atomic E-state index is 1.09. The molecule has 0 aliphatic heterocycles. The molecule has 0 aromatic heterocycles. The zero-order valence-corrected chi connectivity index (χ0v) is 5.51. The first-order valence-corrected chi connectivity index (χ1v) is 3.38. The predicted molar refractivity (Wildman–Crippen MR) is 39.9 cm³/mol. The summed E-state index contributed by atoms with van der Waals surface area (Å²) in [6.45, 7) is 0. The van der Waals surface area contributed by atoms with Crippen molar-refractivity contribution < 1.29 is 0 Å². The first-order valence-electron chi connectivity index (χ1n) is 3.38. The number of hydrogen-bond donors (Lipinski definition) is 0. The molecule has 0 spiro atoms. The lowest BCUT2D eigenvalue weighted by atomic mass is 10.2. The molecule has 0 amide bonds. The van der Waals surface area contributed by atoms with Gasteiger partial charge in [0.15, 0.2) is 0 Å². The van der Waals surface area contributed by atoms with Crippen molar-refractivity contribution in [2.24, 2.45) is 0 Å². The molecule has 0 aromatic rings. The zero-order chi connectivity index (χ0) is 6.36. The van der Waals surface area contributed by atoms with Gasteiger partial charge in [-0.2, -0.15) is 0 Å². The van der Waals surface area contributed by atoms with Crippen molar-refractivity contribution in [3.05, 3.63) is 36.5 Å². The summed E-state index contributed by atoms with van der Waals surface area (Å²) in [6, 6.07) is 0. The maximum absolute atomic E-state index is 3.18. The molecule has 9 heavy (non-hydrogen) atoms. The monoisotopic (exact) mass is 119 g/mol. The highest BCUT2D eigenvalue weighted by Crippen LogP contribution is 1.99. The van der Waals surface area contributed by atoms with Gasteiger partial charge >= 0.3 is 0 Å². The van der Waals surface area contributed by atoms with E-state index in [9.17, 15) is 0 Å². The third-order valence-electron chi connectivity index (χ3n) is 1.26. The van der Waals surface area contributed by atoms with Crippen LogP contribution in [0.5, 0.6) is 0 Å². The molecule has 0 heteroatoms. The SMILES string of the molecule is [C]1=C/C=C\C=C/CCC\1. The van der Waals surface area contributed by atoms with E-state index in [0.717, 1.165) is 6.42 Å². The van der Waals surface area contributed by atoms with Crippen LogP contribution in [0.25, 0.3) is 0 Å². The molecule has 1 aliphatic carbocycles. The molecule has 1 aliphatic rings. The minimum absolute atomic E-state index is 1.09. The van der Waals surface area contributed by atoms with Crippen LogP contribution in [-0.2, 0) is 0 Å². The normalized spacial score (nSPS) is 29.3. The first-order chi connectivity index (χ1) is 4.50. The van der Waals surface area contributed by atoms with Crippen LogP contribution in [0.15, 0.2) is 30.4 Å². The van der Waals surface area contributed by atoms with E-state index < -0.39 is 0 Å². The Kier molecular flexibility index (Phi) is 2.91. The summed E-state index contributed by atoms with van der Waals surface area (Å²) in [5, 5.41) is 0. The van der Waals surface area contributed by atoms with Gasteiger partial charge in [0, 0.05) is 0 Å². The Balaban J connectivity index is 2.45. The highest BCUT2D eigenvalue weighted by atomic mass is 13.9. The van der Waals surface area contributed by atoms with Gasteiger partial charge in [0.25, 0.3) is 0 Å². The first kappa shape index (κ1) is 6.34. The Labute approximate surface area is 56.6 Å². The summed E-state index contributed by atoms with van der Waals surface area (Å²) < 4.78 is 0. The summed E-state index contributed by atoms with van der Waals surface area (Å²) in [5.74, 6) is 0. The quantitative estimate of drug-likeness (QED) is 0.460. The molecule has 0 atom stereocenters. The van der Waals surface area contributed by atoms with Crippen LogP contribution >= 0.6 is 0 Å². The van der Waals surface area contributed by atoms with Gasteiger partial charge in [0.05, 0.1) is 0 Å². The Morgan fingerprint density at radius 1 is 1.11 bits per heavy atom. The van der Waals surface area contributed by atoms with Crippen molar-refractivity contribution in [2.75, 3.05) is 0 Å². The Bertz CT molecular complexity index is 122. The van der Waals surface area contributed by atoms with E-state index in [1.165, 1.54) is 12.8 Å². The number of hydrogen-bond acceptors (Lipinski definition) is 0. The molecule has 0 N–H and O–H groups in total. The molecule has 0 bridgehead atoms. The molecular formula is C9H11. The van der Waals surface area contributed by atoms with Gasteiger partial charge in [-0.1, -0.05) is 30.4 Å². The highest BCUT2D eigenvalue weighted by molar-refractivity contribution is 5.10. The van der Waals surface area contributed by atoms with E-state index in [2.05, 4.69) is 18.2 Å². The molecule has 0 saturated carbocycles. The molecule has 1 rings (SSSR count). The maximum Gasteiger partial charge on any atom is -0.0273 e. The van der Waals surface area contributed by atoms with Crippen molar-refractivity contribution in [2.45, 2.75) is 19.3 Å². The fourth-order valence-electron chi connectivity index (χ4n) is 0.768. The second-order valence-corrected chi connectivity index (χ2v) is 2.08. The van der Waals surface area contributed by atoms with E-state index in [4.69, 9.17) is 0 Å². The van der Waals surface area contributed by atoms with Gasteiger partial charge in [-0.15, -0.1) is 0 Å². The largest absolute Gasteiger partial charge is 0.0845 e. The second-order valence-electron chi connectivity index (χ2n) is 2.08. The summed E-state index contributed by atoms with van der Waals surface area (Å²) in [5.41, 5.74) is 0. The fraction of sp³-hybridized carbons (Fsp3) is 0.333. The van der Waals surface area contributed by atoms with Gasteiger partial charge in [0.2, 0.25) is 0 Å². The van der Waals surface area contributed by atoms with Crippen LogP contribution in [0, 0.1) is 6.08 Å². The summed E-state index contributed by atoms with van der Waals surface area (Å²) in [4.78, 5) is 0. The van der Waals surface area contributed by atoms with Gasteiger partial charge < -0.3 is 0 Å². The fourth-order valence-corrected chi connectivity index (χ4v) is 0.768. The highest BCUT2D eigenvalue weighted by Gasteiger charge is 1.80. The third-order valence-corrected chi connectivity index (χ3v) is 1.26. The third kappa shape index (κ3) is 2.91. The molecule has 0 nitrogen and oxygen atoms in total. The molecule has 0 fully saturated rings. The van der Waals surface area contributed by atoms with Crippen molar-refractivity contribution >= 4 is 0 Å². The molecule has 0 aromatic carbocycles. The lowest BCUT2D eigenvalue weighted by Gasteiger charge is -1.85. The average Bonchev–Trinajstić information content (AvgIpc) is 2.00. The van der Waals surface area contributed by atoms with Crippen molar-refractivity contribution in [3.63, 3.8) is 0 Å². The molecule has 0 saturated heterocycles. The molecule has 47 valence electrons. The standard InChI is InChI=1S/C9H11/c1-2-4-6-8-9-7-5-3-1/h1-5H,6,8-9H2/b3-1-,4-2-,7-5?. The van der Waals surface area contributed by atoms with E-state index in [-0.39, 0.29) is 0 Å². The Hall–Kier alpha value is -0.780. The zero-order valence-electron chi connectivity index (χ0n) is 5.51. The Morgan fingerprint density at radius 3 is 3.11 bits per heavy atom. The predicted octanol–water partition coefficient (Wildman–Crippen LogP) is 2.64. The van der Waals surface area contributed by atoms with Crippen molar-refractivity contribution in [1.82, 2.24) is 0 Å². The summed E-state index contributed by atoms with van der Waals surface area (Å²) in [7, 11) is 0. The molecular weight excluding hydrogens is 108 g/mol. The smallest absolute Gasteiger partial charge is 0.0273 e. The van der Waals surface area contributed by atoms with Gasteiger partial charge in [0.1, 0.15) is 0 Å². The Morgan fingerprint density at radius 2 is 2.11 bits per heavy atom. The molecule has 0 unspecified atom stereocenters. The average molecular weight is 119 g/mol. The van der Waals surface area contributed by atoms with E-state index in [0.29, 0.717) is 0 Å². The lowest BCUT2D eigenvalue weighted by Crippen LogP contribution is -1.66. The van der Waals surface area contributed by atoms with Crippen LogP contribution in [0.2, 0.25) is 0 Å². The topological polar surface area (TPSA) is 0 Å². The number of allylic oxidation sites excluding steroid dienone is 6. The van der Waals surface area contributed by atoms with Crippen molar-refractivity contribution in [3.8, 4) is 0 Å². The van der Waals surface area contributed by atoms with Crippen LogP contribution in [0.1, 0.15) is 19.3 Å². The summed E-state index contributed by atoms with van der Waals surface area (Å²) in [6.07, 6.45) is 17.0. The van der Waals surface area contributed by atoms with Gasteiger partial charge in [-0.05, 0) is 25.3 Å². The lowest BCUT2D eigenvalue weighted by molar-refractivity contribution is 0.856. The van der Waals surface area contributed by atoms with Crippen molar-refractivity contribution in [1.29, 1.82) is 0 Å². The van der Waals surface area contributed by atoms with Crippen LogP contribution in [-0.4, -0.2) is 0 Å². The van der Waals surface area contributed by atoms with Crippen LogP contribution in [0.3, 0.4) is 0 Å². The molecule has 1 radical (unpaired) electrons.